The van der Waals surface area contributed by atoms with Crippen molar-refractivity contribution >= 4 is 23.3 Å². The molecule has 2 amide bonds. The van der Waals surface area contributed by atoms with Gasteiger partial charge in [-0.2, -0.15) is 5.10 Å². The number of methoxy groups -OCH3 is 2. The molecule has 0 spiro atoms. The third-order valence-electron chi connectivity index (χ3n) is 5.50. The van der Waals surface area contributed by atoms with E-state index in [1.807, 2.05) is 56.3 Å². The smallest absolute Gasteiger partial charge is 0.251 e. The van der Waals surface area contributed by atoms with E-state index in [0.717, 1.165) is 27.9 Å². The molecule has 2 N–H and O–H groups in total. The van der Waals surface area contributed by atoms with Gasteiger partial charge in [0.05, 0.1) is 31.4 Å². The Labute approximate surface area is 186 Å². The van der Waals surface area contributed by atoms with Crippen molar-refractivity contribution in [3.63, 3.8) is 0 Å². The van der Waals surface area contributed by atoms with Crippen LogP contribution in [0.4, 0.5) is 11.5 Å². The van der Waals surface area contributed by atoms with Crippen LogP contribution in [0.2, 0.25) is 0 Å². The van der Waals surface area contributed by atoms with Crippen molar-refractivity contribution in [2.45, 2.75) is 32.9 Å². The van der Waals surface area contributed by atoms with Gasteiger partial charge in [0.1, 0.15) is 17.6 Å². The number of carbonyl (C=O) groups is 2. The number of carbonyl (C=O) groups excluding carboxylic acids is 2. The predicted molar refractivity (Wildman–Crippen MR) is 122 cm³/mol. The van der Waals surface area contributed by atoms with Crippen molar-refractivity contribution in [2.75, 3.05) is 24.9 Å². The molecule has 1 aromatic heterocycles. The highest BCUT2D eigenvalue weighted by molar-refractivity contribution is 6.04. The van der Waals surface area contributed by atoms with E-state index >= 15 is 0 Å². The molecule has 3 aromatic rings. The molecule has 0 radical (unpaired) electrons. The van der Waals surface area contributed by atoms with E-state index in [4.69, 9.17) is 9.47 Å². The zero-order valence-corrected chi connectivity index (χ0v) is 18.6. The standard InChI is InChI=1S/C24H26N4O4/c1-14-8-9-18(15(2)10-14)25-21(29)12-20-24(30)26-23-22(19(13-31-3)27-28(20)23)16-6-5-7-17(11-16)32-4/h5-11,20H,12-13H2,1-4H3,(H,25,29)(H,26,30). The van der Waals surface area contributed by atoms with E-state index in [-0.39, 0.29) is 24.8 Å². The van der Waals surface area contributed by atoms with Crippen LogP contribution in [0.25, 0.3) is 11.1 Å². The fourth-order valence-corrected chi connectivity index (χ4v) is 3.97. The molecule has 4 rings (SSSR count). The molecule has 2 aromatic carbocycles. The summed E-state index contributed by atoms with van der Waals surface area (Å²) in [6.07, 6.45) is -0.0300. The summed E-state index contributed by atoms with van der Waals surface area (Å²) in [4.78, 5) is 25.5. The number of aromatic nitrogens is 2. The molecular formula is C24H26N4O4. The minimum Gasteiger partial charge on any atom is -0.497 e. The molecule has 8 nitrogen and oxygen atoms in total. The normalized spacial score (nSPS) is 14.8. The van der Waals surface area contributed by atoms with E-state index in [9.17, 15) is 9.59 Å². The monoisotopic (exact) mass is 434 g/mol. The van der Waals surface area contributed by atoms with Gasteiger partial charge in [-0.25, -0.2) is 4.68 Å². The van der Waals surface area contributed by atoms with Gasteiger partial charge in [-0.05, 0) is 43.2 Å². The van der Waals surface area contributed by atoms with Gasteiger partial charge < -0.3 is 20.1 Å². The summed E-state index contributed by atoms with van der Waals surface area (Å²) in [5, 5.41) is 10.4. The summed E-state index contributed by atoms with van der Waals surface area (Å²) in [6.45, 7) is 4.20. The van der Waals surface area contributed by atoms with Crippen LogP contribution in [-0.4, -0.2) is 35.8 Å². The highest BCUT2D eigenvalue weighted by atomic mass is 16.5. The average Bonchev–Trinajstić information content (AvgIpc) is 3.25. The zero-order valence-electron chi connectivity index (χ0n) is 18.6. The maximum absolute atomic E-state index is 12.8. The number of aryl methyl sites for hydroxylation is 2. The van der Waals surface area contributed by atoms with Gasteiger partial charge in [-0.1, -0.05) is 29.8 Å². The van der Waals surface area contributed by atoms with Crippen LogP contribution in [0.5, 0.6) is 5.75 Å². The van der Waals surface area contributed by atoms with Crippen molar-refractivity contribution in [1.29, 1.82) is 0 Å². The van der Waals surface area contributed by atoms with Crippen LogP contribution in [0.15, 0.2) is 42.5 Å². The number of amides is 2. The number of anilines is 2. The first kappa shape index (κ1) is 21.6. The van der Waals surface area contributed by atoms with Crippen LogP contribution < -0.4 is 15.4 Å². The van der Waals surface area contributed by atoms with Gasteiger partial charge in [0.2, 0.25) is 5.91 Å². The Bertz CT molecular complexity index is 1180. The van der Waals surface area contributed by atoms with Crippen LogP contribution in [0.1, 0.15) is 29.3 Å². The van der Waals surface area contributed by atoms with Crippen molar-refractivity contribution in [1.82, 2.24) is 9.78 Å². The van der Waals surface area contributed by atoms with E-state index in [1.165, 1.54) is 0 Å². The largest absolute Gasteiger partial charge is 0.497 e. The number of benzene rings is 2. The molecule has 1 atom stereocenters. The molecule has 1 unspecified atom stereocenters. The molecule has 0 saturated heterocycles. The molecule has 0 aliphatic carbocycles. The number of hydrogen-bond donors (Lipinski definition) is 2. The second-order valence-corrected chi connectivity index (χ2v) is 7.86. The number of nitrogens with one attached hydrogen (secondary N) is 2. The first-order chi connectivity index (χ1) is 15.4. The highest BCUT2D eigenvalue weighted by Crippen LogP contribution is 2.39. The van der Waals surface area contributed by atoms with Gasteiger partial charge in [0.15, 0.2) is 0 Å². The lowest BCUT2D eigenvalue weighted by Crippen LogP contribution is -2.24. The van der Waals surface area contributed by atoms with Gasteiger partial charge in [-0.3, -0.25) is 9.59 Å². The Hall–Kier alpha value is -3.65. The Kier molecular flexibility index (Phi) is 5.96. The van der Waals surface area contributed by atoms with Crippen LogP contribution >= 0.6 is 0 Å². The van der Waals surface area contributed by atoms with E-state index in [1.54, 1.807) is 18.9 Å². The van der Waals surface area contributed by atoms with Crippen molar-refractivity contribution in [2.24, 2.45) is 0 Å². The third-order valence-corrected chi connectivity index (χ3v) is 5.50. The van der Waals surface area contributed by atoms with E-state index in [2.05, 4.69) is 15.7 Å². The minimum atomic E-state index is -0.745. The third kappa shape index (κ3) is 4.09. The first-order valence-corrected chi connectivity index (χ1v) is 10.3. The zero-order chi connectivity index (χ0) is 22.8. The summed E-state index contributed by atoms with van der Waals surface area (Å²) in [7, 11) is 3.19. The molecule has 166 valence electrons. The maximum Gasteiger partial charge on any atom is 0.251 e. The lowest BCUT2D eigenvalue weighted by atomic mass is 10.1. The lowest BCUT2D eigenvalue weighted by molar-refractivity contribution is -0.123. The minimum absolute atomic E-state index is 0.0300. The maximum atomic E-state index is 12.8. The molecule has 32 heavy (non-hydrogen) atoms. The number of nitrogens with zero attached hydrogens (tertiary/aromatic N) is 2. The summed E-state index contributed by atoms with van der Waals surface area (Å²) in [5.74, 6) is 0.729. The average molecular weight is 434 g/mol. The van der Waals surface area contributed by atoms with Gasteiger partial charge in [0, 0.05) is 12.8 Å². The summed E-state index contributed by atoms with van der Waals surface area (Å²) >= 11 is 0. The molecule has 1 aliphatic rings. The molecule has 0 bridgehead atoms. The topological polar surface area (TPSA) is 94.5 Å². The molecule has 8 heteroatoms. The number of ether oxygens (including phenoxy) is 2. The predicted octanol–water partition coefficient (Wildman–Crippen LogP) is 3.84. The number of hydrogen-bond acceptors (Lipinski definition) is 5. The number of rotatable bonds is 7. The second kappa shape index (κ2) is 8.84. The molecule has 0 saturated carbocycles. The highest BCUT2D eigenvalue weighted by Gasteiger charge is 2.37. The molecule has 1 aliphatic heterocycles. The Morgan fingerprint density at radius 1 is 1.19 bits per heavy atom. The Morgan fingerprint density at radius 2 is 2.00 bits per heavy atom. The molecule has 0 fully saturated rings. The first-order valence-electron chi connectivity index (χ1n) is 10.3. The second-order valence-electron chi connectivity index (χ2n) is 7.86. The number of fused-ring (bicyclic) bond motifs is 1. The van der Waals surface area contributed by atoms with Gasteiger partial charge >= 0.3 is 0 Å². The van der Waals surface area contributed by atoms with Crippen LogP contribution in [0.3, 0.4) is 0 Å². The van der Waals surface area contributed by atoms with E-state index < -0.39 is 6.04 Å². The van der Waals surface area contributed by atoms with Crippen LogP contribution in [0, 0.1) is 13.8 Å². The van der Waals surface area contributed by atoms with Crippen molar-refractivity contribution in [3.05, 3.63) is 59.3 Å². The van der Waals surface area contributed by atoms with E-state index in [0.29, 0.717) is 17.3 Å². The summed E-state index contributed by atoms with van der Waals surface area (Å²) in [5.41, 5.74) is 5.10. The molecule has 2 heterocycles. The quantitative estimate of drug-likeness (QED) is 0.589. The SMILES string of the molecule is COCc1nn2c(c1-c1cccc(OC)c1)NC(=O)C2CC(=O)Nc1ccc(C)cc1C. The fraction of sp³-hybridized carbons (Fsp3) is 0.292. The summed E-state index contributed by atoms with van der Waals surface area (Å²) < 4.78 is 12.3. The lowest BCUT2D eigenvalue weighted by Gasteiger charge is -2.12. The van der Waals surface area contributed by atoms with Gasteiger partial charge in [-0.15, -0.1) is 0 Å². The molecular weight excluding hydrogens is 408 g/mol. The van der Waals surface area contributed by atoms with Crippen LogP contribution in [-0.2, 0) is 20.9 Å². The van der Waals surface area contributed by atoms with Crippen molar-refractivity contribution < 1.29 is 19.1 Å². The fourth-order valence-electron chi connectivity index (χ4n) is 3.97. The van der Waals surface area contributed by atoms with Crippen molar-refractivity contribution in [3.8, 4) is 16.9 Å². The Morgan fingerprint density at radius 3 is 2.72 bits per heavy atom. The summed E-state index contributed by atoms with van der Waals surface area (Å²) in [6, 6.07) is 12.6. The Balaban J connectivity index is 1.63. The van der Waals surface area contributed by atoms with Gasteiger partial charge in [0.25, 0.3) is 5.91 Å².